The minimum Gasteiger partial charge on any atom is -0.496 e. The number of benzene rings is 1. The van der Waals surface area contributed by atoms with E-state index >= 15 is 0 Å². The molecule has 0 fully saturated rings. The molecule has 2 rings (SSSR count). The van der Waals surface area contributed by atoms with Gasteiger partial charge in [-0.15, -0.1) is 0 Å². The average molecular weight is 219 g/mol. The van der Waals surface area contributed by atoms with Gasteiger partial charge in [0.05, 0.1) is 7.11 Å². The Morgan fingerprint density at radius 2 is 2.19 bits per heavy atom. The molecule has 2 heteroatoms. The van der Waals surface area contributed by atoms with E-state index in [2.05, 4.69) is 37.4 Å². The lowest BCUT2D eigenvalue weighted by atomic mass is 9.91. The van der Waals surface area contributed by atoms with Crippen LogP contribution in [0.1, 0.15) is 37.4 Å². The summed E-state index contributed by atoms with van der Waals surface area (Å²) in [4.78, 5) is 0. The van der Waals surface area contributed by atoms with Gasteiger partial charge < -0.3 is 10.1 Å². The number of rotatable bonds is 2. The molecule has 0 saturated carbocycles. The molecule has 0 saturated heterocycles. The van der Waals surface area contributed by atoms with Gasteiger partial charge in [-0.25, -0.2) is 0 Å². The van der Waals surface area contributed by atoms with Crippen LogP contribution in [0, 0.1) is 5.92 Å². The third-order valence-electron chi connectivity index (χ3n) is 3.36. The maximum atomic E-state index is 5.47. The topological polar surface area (TPSA) is 21.3 Å². The van der Waals surface area contributed by atoms with Crippen molar-refractivity contribution in [2.24, 2.45) is 5.92 Å². The van der Waals surface area contributed by atoms with E-state index in [9.17, 15) is 0 Å². The van der Waals surface area contributed by atoms with Crippen LogP contribution in [-0.4, -0.2) is 13.7 Å². The summed E-state index contributed by atoms with van der Waals surface area (Å²) in [6.07, 6.45) is 2.31. The molecule has 1 atom stereocenters. The normalized spacial score (nSPS) is 20.4. The predicted octanol–water partition coefficient (Wildman–Crippen LogP) is 2.93. The first kappa shape index (κ1) is 11.5. The van der Waals surface area contributed by atoms with Crippen molar-refractivity contribution in [1.82, 2.24) is 5.32 Å². The maximum Gasteiger partial charge on any atom is 0.122 e. The van der Waals surface area contributed by atoms with Gasteiger partial charge in [0, 0.05) is 6.04 Å². The zero-order valence-electron chi connectivity index (χ0n) is 10.4. The van der Waals surface area contributed by atoms with Gasteiger partial charge in [0.2, 0.25) is 0 Å². The summed E-state index contributed by atoms with van der Waals surface area (Å²) >= 11 is 0. The average Bonchev–Trinajstić information content (AvgIpc) is 2.50. The summed E-state index contributed by atoms with van der Waals surface area (Å²) < 4.78 is 5.47. The first-order valence-corrected chi connectivity index (χ1v) is 6.13. The molecule has 0 bridgehead atoms. The van der Waals surface area contributed by atoms with Gasteiger partial charge >= 0.3 is 0 Å². The molecule has 0 amide bonds. The number of hydrogen-bond acceptors (Lipinski definition) is 2. The fourth-order valence-electron chi connectivity index (χ4n) is 2.56. The summed E-state index contributed by atoms with van der Waals surface area (Å²) in [6, 6.07) is 6.87. The number of nitrogens with one attached hydrogen (secondary N) is 1. The fraction of sp³-hybridized carbons (Fsp3) is 0.571. The molecule has 1 aromatic rings. The van der Waals surface area contributed by atoms with Crippen molar-refractivity contribution in [3.8, 4) is 5.75 Å². The minimum absolute atomic E-state index is 0.465. The van der Waals surface area contributed by atoms with Crippen molar-refractivity contribution in [2.75, 3.05) is 13.7 Å². The Bertz CT molecular complexity index is 360. The molecule has 1 N–H and O–H groups in total. The van der Waals surface area contributed by atoms with Gasteiger partial charge in [-0.1, -0.05) is 26.0 Å². The second kappa shape index (κ2) is 4.88. The van der Waals surface area contributed by atoms with Crippen molar-refractivity contribution in [1.29, 1.82) is 0 Å². The van der Waals surface area contributed by atoms with Crippen molar-refractivity contribution in [3.63, 3.8) is 0 Å². The van der Waals surface area contributed by atoms with Crippen LogP contribution in [0.4, 0.5) is 0 Å². The van der Waals surface area contributed by atoms with Crippen LogP contribution in [0.25, 0.3) is 0 Å². The molecule has 1 aromatic carbocycles. The predicted molar refractivity (Wildman–Crippen MR) is 66.9 cm³/mol. The number of fused-ring (bicyclic) bond motifs is 1. The Morgan fingerprint density at radius 3 is 2.88 bits per heavy atom. The molecule has 88 valence electrons. The highest BCUT2D eigenvalue weighted by Gasteiger charge is 2.22. The van der Waals surface area contributed by atoms with Crippen LogP contribution in [0.5, 0.6) is 5.75 Å². The number of hydrogen-bond donors (Lipinski definition) is 1. The van der Waals surface area contributed by atoms with E-state index < -0.39 is 0 Å². The molecule has 1 aliphatic heterocycles. The van der Waals surface area contributed by atoms with Crippen molar-refractivity contribution in [3.05, 3.63) is 29.3 Å². The summed E-state index contributed by atoms with van der Waals surface area (Å²) in [7, 11) is 1.76. The number of methoxy groups -OCH3 is 1. The largest absolute Gasteiger partial charge is 0.496 e. The highest BCUT2D eigenvalue weighted by molar-refractivity contribution is 5.42. The van der Waals surface area contributed by atoms with E-state index in [1.807, 2.05) is 0 Å². The molecule has 0 unspecified atom stereocenters. The SMILES string of the molecule is COc1cccc2c1CCCN[C@H]2C(C)C. The van der Waals surface area contributed by atoms with Crippen molar-refractivity contribution < 1.29 is 4.74 Å². The fourth-order valence-corrected chi connectivity index (χ4v) is 2.56. The van der Waals surface area contributed by atoms with E-state index in [0.717, 1.165) is 18.7 Å². The molecular formula is C14H21NO. The monoisotopic (exact) mass is 219 g/mol. The quantitative estimate of drug-likeness (QED) is 0.825. The van der Waals surface area contributed by atoms with Gasteiger partial charge in [0.25, 0.3) is 0 Å². The van der Waals surface area contributed by atoms with Crippen molar-refractivity contribution >= 4 is 0 Å². The van der Waals surface area contributed by atoms with Crippen LogP contribution >= 0.6 is 0 Å². The zero-order chi connectivity index (χ0) is 11.5. The molecule has 0 spiro atoms. The lowest BCUT2D eigenvalue weighted by Crippen LogP contribution is -2.25. The van der Waals surface area contributed by atoms with Crippen LogP contribution in [0.3, 0.4) is 0 Å². The Morgan fingerprint density at radius 1 is 1.38 bits per heavy atom. The van der Waals surface area contributed by atoms with Gasteiger partial charge in [-0.05, 0) is 42.5 Å². The molecular weight excluding hydrogens is 198 g/mol. The Labute approximate surface area is 98.0 Å². The number of ether oxygens (including phenoxy) is 1. The maximum absolute atomic E-state index is 5.47. The summed E-state index contributed by atoms with van der Waals surface area (Å²) in [5, 5.41) is 3.63. The summed E-state index contributed by atoms with van der Waals surface area (Å²) in [6.45, 7) is 5.64. The third-order valence-corrected chi connectivity index (χ3v) is 3.36. The van der Waals surface area contributed by atoms with Gasteiger partial charge in [-0.2, -0.15) is 0 Å². The minimum atomic E-state index is 0.465. The Kier molecular flexibility index (Phi) is 3.49. The van der Waals surface area contributed by atoms with E-state index in [1.165, 1.54) is 17.5 Å². The van der Waals surface area contributed by atoms with Crippen LogP contribution in [-0.2, 0) is 6.42 Å². The highest BCUT2D eigenvalue weighted by atomic mass is 16.5. The lowest BCUT2D eigenvalue weighted by molar-refractivity contribution is 0.403. The lowest BCUT2D eigenvalue weighted by Gasteiger charge is -2.23. The van der Waals surface area contributed by atoms with E-state index in [1.54, 1.807) is 7.11 Å². The molecule has 0 aliphatic carbocycles. The van der Waals surface area contributed by atoms with E-state index in [-0.39, 0.29) is 0 Å². The third kappa shape index (κ3) is 2.07. The second-order valence-electron chi connectivity index (χ2n) is 4.81. The van der Waals surface area contributed by atoms with Crippen LogP contribution in [0.2, 0.25) is 0 Å². The molecule has 0 aromatic heterocycles. The van der Waals surface area contributed by atoms with E-state index in [0.29, 0.717) is 12.0 Å². The Hall–Kier alpha value is -1.02. The van der Waals surface area contributed by atoms with E-state index in [4.69, 9.17) is 4.74 Å². The molecule has 2 nitrogen and oxygen atoms in total. The van der Waals surface area contributed by atoms with Gasteiger partial charge in [0.15, 0.2) is 0 Å². The highest BCUT2D eigenvalue weighted by Crippen LogP contribution is 2.33. The Balaban J connectivity index is 2.45. The first-order chi connectivity index (χ1) is 7.74. The molecule has 16 heavy (non-hydrogen) atoms. The standard InChI is InChI=1S/C14H21NO/c1-10(2)14-12-6-4-8-13(16-3)11(12)7-5-9-15-14/h4,6,8,10,14-15H,5,7,9H2,1-3H3/t14-/m0/s1. The van der Waals surface area contributed by atoms with Gasteiger partial charge in [0.1, 0.15) is 5.75 Å². The zero-order valence-corrected chi connectivity index (χ0v) is 10.4. The first-order valence-electron chi connectivity index (χ1n) is 6.13. The van der Waals surface area contributed by atoms with Crippen LogP contribution in [0.15, 0.2) is 18.2 Å². The second-order valence-corrected chi connectivity index (χ2v) is 4.81. The molecule has 1 aliphatic rings. The molecule has 0 radical (unpaired) electrons. The smallest absolute Gasteiger partial charge is 0.122 e. The summed E-state index contributed by atoms with van der Waals surface area (Å²) in [5.74, 6) is 1.66. The van der Waals surface area contributed by atoms with Gasteiger partial charge in [-0.3, -0.25) is 0 Å². The van der Waals surface area contributed by atoms with Crippen molar-refractivity contribution in [2.45, 2.75) is 32.7 Å². The molecule has 1 heterocycles. The summed E-state index contributed by atoms with van der Waals surface area (Å²) in [5.41, 5.74) is 2.82. The van der Waals surface area contributed by atoms with Crippen LogP contribution < -0.4 is 10.1 Å².